The topological polar surface area (TPSA) is 20.2 Å². The molecule has 1 aliphatic rings. The van der Waals surface area contributed by atoms with Crippen molar-refractivity contribution in [2.75, 3.05) is 0 Å². The van der Waals surface area contributed by atoms with Crippen LogP contribution in [0.2, 0.25) is 0 Å². The first-order valence-electron chi connectivity index (χ1n) is 6.63. The quantitative estimate of drug-likeness (QED) is 0.749. The van der Waals surface area contributed by atoms with Gasteiger partial charge < -0.3 is 5.11 Å². The minimum absolute atomic E-state index is 0.0529. The molecule has 0 aromatic heterocycles. The molecule has 15 heavy (non-hydrogen) atoms. The number of rotatable bonds is 3. The third kappa shape index (κ3) is 3.79. The van der Waals surface area contributed by atoms with Gasteiger partial charge in [-0.05, 0) is 36.5 Å². The predicted molar refractivity (Wildman–Crippen MR) is 65.8 cm³/mol. The molecule has 0 saturated heterocycles. The SMILES string of the molecule is CCCCC1CCC(O)C(C(C)(C)C)C1. The van der Waals surface area contributed by atoms with E-state index in [2.05, 4.69) is 27.7 Å². The molecule has 0 aromatic carbocycles. The van der Waals surface area contributed by atoms with Crippen LogP contribution in [-0.2, 0) is 0 Å². The Bertz CT molecular complexity index is 178. The molecule has 1 rings (SSSR count). The first-order valence-corrected chi connectivity index (χ1v) is 6.63. The number of aliphatic hydroxyl groups is 1. The van der Waals surface area contributed by atoms with Crippen molar-refractivity contribution in [2.45, 2.75) is 72.3 Å². The highest BCUT2D eigenvalue weighted by molar-refractivity contribution is 4.86. The maximum absolute atomic E-state index is 10.0. The summed E-state index contributed by atoms with van der Waals surface area (Å²) in [5.74, 6) is 1.38. The van der Waals surface area contributed by atoms with Crippen molar-refractivity contribution < 1.29 is 5.11 Å². The highest BCUT2D eigenvalue weighted by atomic mass is 16.3. The van der Waals surface area contributed by atoms with E-state index in [-0.39, 0.29) is 11.5 Å². The Balaban J connectivity index is 2.49. The second kappa shape index (κ2) is 5.34. The molecule has 1 saturated carbocycles. The molecule has 1 fully saturated rings. The molecule has 3 atom stereocenters. The van der Waals surface area contributed by atoms with Crippen LogP contribution in [0.3, 0.4) is 0 Å². The van der Waals surface area contributed by atoms with Gasteiger partial charge in [-0.3, -0.25) is 0 Å². The zero-order chi connectivity index (χ0) is 11.5. The lowest BCUT2D eigenvalue weighted by atomic mass is 9.67. The van der Waals surface area contributed by atoms with E-state index >= 15 is 0 Å². The molecule has 1 heteroatoms. The minimum Gasteiger partial charge on any atom is -0.393 e. The average Bonchev–Trinajstić information content (AvgIpc) is 2.15. The Morgan fingerprint density at radius 3 is 2.40 bits per heavy atom. The van der Waals surface area contributed by atoms with Crippen LogP contribution >= 0.6 is 0 Å². The summed E-state index contributed by atoms with van der Waals surface area (Å²) in [7, 11) is 0. The van der Waals surface area contributed by atoms with Gasteiger partial charge in [0.05, 0.1) is 6.10 Å². The van der Waals surface area contributed by atoms with Gasteiger partial charge in [-0.1, -0.05) is 47.0 Å². The minimum atomic E-state index is -0.0529. The fourth-order valence-corrected chi connectivity index (χ4v) is 2.93. The maximum Gasteiger partial charge on any atom is 0.0573 e. The average molecular weight is 212 g/mol. The number of hydrogen-bond acceptors (Lipinski definition) is 1. The van der Waals surface area contributed by atoms with Crippen molar-refractivity contribution in [3.8, 4) is 0 Å². The summed E-state index contributed by atoms with van der Waals surface area (Å²) in [4.78, 5) is 0. The van der Waals surface area contributed by atoms with Gasteiger partial charge >= 0.3 is 0 Å². The van der Waals surface area contributed by atoms with Crippen LogP contribution in [0, 0.1) is 17.3 Å². The van der Waals surface area contributed by atoms with Crippen molar-refractivity contribution in [1.82, 2.24) is 0 Å². The molecule has 0 aliphatic heterocycles. The van der Waals surface area contributed by atoms with E-state index in [1.807, 2.05) is 0 Å². The fraction of sp³-hybridized carbons (Fsp3) is 1.00. The van der Waals surface area contributed by atoms with Crippen molar-refractivity contribution in [1.29, 1.82) is 0 Å². The molecule has 1 N–H and O–H groups in total. The van der Waals surface area contributed by atoms with E-state index in [9.17, 15) is 5.11 Å². The molecule has 1 nitrogen and oxygen atoms in total. The molecule has 90 valence electrons. The second-order valence-corrected chi connectivity index (χ2v) is 6.36. The predicted octanol–water partition coefficient (Wildman–Crippen LogP) is 4.00. The number of aliphatic hydroxyl groups excluding tert-OH is 1. The molecule has 0 radical (unpaired) electrons. The first-order chi connectivity index (χ1) is 6.95. The fourth-order valence-electron chi connectivity index (χ4n) is 2.93. The van der Waals surface area contributed by atoms with Gasteiger partial charge in [0.15, 0.2) is 0 Å². The number of hydrogen-bond donors (Lipinski definition) is 1. The molecular formula is C14H28O. The lowest BCUT2D eigenvalue weighted by molar-refractivity contribution is -0.00971. The molecular weight excluding hydrogens is 184 g/mol. The van der Waals surface area contributed by atoms with Crippen LogP contribution in [0.25, 0.3) is 0 Å². The van der Waals surface area contributed by atoms with Crippen LogP contribution in [0.1, 0.15) is 66.2 Å². The molecule has 3 unspecified atom stereocenters. The van der Waals surface area contributed by atoms with Gasteiger partial charge in [0.2, 0.25) is 0 Å². The Hall–Kier alpha value is -0.0400. The summed E-state index contributed by atoms with van der Waals surface area (Å²) in [6.07, 6.45) is 7.49. The maximum atomic E-state index is 10.0. The van der Waals surface area contributed by atoms with Crippen molar-refractivity contribution in [3.63, 3.8) is 0 Å². The van der Waals surface area contributed by atoms with Crippen LogP contribution < -0.4 is 0 Å². The van der Waals surface area contributed by atoms with Crippen molar-refractivity contribution in [2.24, 2.45) is 17.3 Å². The summed E-state index contributed by atoms with van der Waals surface area (Å²) in [5, 5.41) is 10.0. The van der Waals surface area contributed by atoms with Crippen molar-refractivity contribution >= 4 is 0 Å². The van der Waals surface area contributed by atoms with Crippen LogP contribution in [0.4, 0.5) is 0 Å². The number of unbranched alkanes of at least 4 members (excludes halogenated alkanes) is 1. The summed E-state index contributed by atoms with van der Waals surface area (Å²) < 4.78 is 0. The van der Waals surface area contributed by atoms with E-state index in [1.165, 1.54) is 32.1 Å². The van der Waals surface area contributed by atoms with E-state index < -0.39 is 0 Å². The standard InChI is InChI=1S/C14H28O/c1-5-6-7-11-8-9-13(15)12(10-11)14(2,3)4/h11-13,15H,5-10H2,1-4H3. The lowest BCUT2D eigenvalue weighted by Gasteiger charge is -2.41. The van der Waals surface area contributed by atoms with Crippen LogP contribution in [0.15, 0.2) is 0 Å². The molecule has 0 heterocycles. The molecule has 0 aromatic rings. The van der Waals surface area contributed by atoms with Crippen LogP contribution in [-0.4, -0.2) is 11.2 Å². The monoisotopic (exact) mass is 212 g/mol. The molecule has 0 spiro atoms. The smallest absolute Gasteiger partial charge is 0.0573 e. The highest BCUT2D eigenvalue weighted by Crippen LogP contribution is 2.41. The van der Waals surface area contributed by atoms with E-state index in [0.29, 0.717) is 5.92 Å². The largest absolute Gasteiger partial charge is 0.393 e. The summed E-state index contributed by atoms with van der Waals surface area (Å²) in [5.41, 5.74) is 0.268. The van der Waals surface area contributed by atoms with Gasteiger partial charge in [0, 0.05) is 0 Å². The van der Waals surface area contributed by atoms with Gasteiger partial charge in [0.1, 0.15) is 0 Å². The van der Waals surface area contributed by atoms with E-state index in [0.717, 1.165) is 12.3 Å². The Morgan fingerprint density at radius 1 is 1.20 bits per heavy atom. The Labute approximate surface area is 95.3 Å². The third-order valence-electron chi connectivity index (χ3n) is 4.00. The van der Waals surface area contributed by atoms with Crippen LogP contribution in [0.5, 0.6) is 0 Å². The second-order valence-electron chi connectivity index (χ2n) is 6.36. The zero-order valence-corrected chi connectivity index (χ0v) is 10.9. The van der Waals surface area contributed by atoms with Crippen molar-refractivity contribution in [3.05, 3.63) is 0 Å². The summed E-state index contributed by atoms with van der Waals surface area (Å²) >= 11 is 0. The summed E-state index contributed by atoms with van der Waals surface area (Å²) in [6.45, 7) is 9.06. The first kappa shape index (κ1) is 13.0. The molecule has 0 bridgehead atoms. The highest BCUT2D eigenvalue weighted by Gasteiger charge is 2.36. The normalized spacial score (nSPS) is 33.0. The van der Waals surface area contributed by atoms with Gasteiger partial charge in [-0.15, -0.1) is 0 Å². The van der Waals surface area contributed by atoms with Gasteiger partial charge in [-0.2, -0.15) is 0 Å². The molecule has 0 amide bonds. The van der Waals surface area contributed by atoms with Gasteiger partial charge in [0.25, 0.3) is 0 Å². The zero-order valence-electron chi connectivity index (χ0n) is 10.9. The third-order valence-corrected chi connectivity index (χ3v) is 4.00. The Kier molecular flexibility index (Phi) is 4.64. The van der Waals surface area contributed by atoms with E-state index in [4.69, 9.17) is 0 Å². The molecule has 1 aliphatic carbocycles. The van der Waals surface area contributed by atoms with E-state index in [1.54, 1.807) is 0 Å². The van der Waals surface area contributed by atoms with Gasteiger partial charge in [-0.25, -0.2) is 0 Å². The Morgan fingerprint density at radius 2 is 1.87 bits per heavy atom. The lowest BCUT2D eigenvalue weighted by Crippen LogP contribution is -2.37. The summed E-state index contributed by atoms with van der Waals surface area (Å²) in [6, 6.07) is 0.